The molecule has 1 aliphatic rings. The minimum absolute atomic E-state index is 0.233. The first-order valence-corrected chi connectivity index (χ1v) is 10.8. The molecule has 0 aliphatic heterocycles. The summed E-state index contributed by atoms with van der Waals surface area (Å²) in [6, 6.07) is 15.0. The fraction of sp³-hybridized carbons (Fsp3) is 0.320. The average molecular weight is 433 g/mol. The van der Waals surface area contributed by atoms with E-state index in [4.69, 9.17) is 4.74 Å². The van der Waals surface area contributed by atoms with Gasteiger partial charge in [0.2, 0.25) is 0 Å². The number of nitrogens with zero attached hydrogens (tertiary/aromatic N) is 2. The lowest BCUT2D eigenvalue weighted by Crippen LogP contribution is -2.27. The number of anilines is 2. The molecule has 2 N–H and O–H groups in total. The van der Waals surface area contributed by atoms with E-state index < -0.39 is 11.7 Å². The molecule has 0 spiro atoms. The van der Waals surface area contributed by atoms with Crippen LogP contribution in [0.4, 0.5) is 16.2 Å². The quantitative estimate of drug-likeness (QED) is 0.588. The Hall–Kier alpha value is -3.61. The van der Waals surface area contributed by atoms with Crippen LogP contribution in [0, 0.1) is 6.92 Å². The maximum atomic E-state index is 13.0. The van der Waals surface area contributed by atoms with Gasteiger partial charge in [0, 0.05) is 22.6 Å². The fourth-order valence-corrected chi connectivity index (χ4v) is 3.87. The molecule has 0 radical (unpaired) electrons. The second-order valence-corrected chi connectivity index (χ2v) is 8.98. The minimum atomic E-state index is -0.569. The van der Waals surface area contributed by atoms with Crippen molar-refractivity contribution in [3.05, 3.63) is 71.0 Å². The van der Waals surface area contributed by atoms with Crippen molar-refractivity contribution in [2.75, 3.05) is 10.6 Å². The Labute approximate surface area is 187 Å². The van der Waals surface area contributed by atoms with Gasteiger partial charge in [-0.05, 0) is 82.9 Å². The summed E-state index contributed by atoms with van der Waals surface area (Å²) >= 11 is 0. The third kappa shape index (κ3) is 4.66. The average Bonchev–Trinajstić information content (AvgIpc) is 3.31. The first kappa shape index (κ1) is 21.6. The summed E-state index contributed by atoms with van der Waals surface area (Å²) in [5.41, 5.74) is 5.36. The molecule has 7 nitrogen and oxygen atoms in total. The lowest BCUT2D eigenvalue weighted by molar-refractivity contribution is 0.0635. The molecule has 0 saturated heterocycles. The molecular weight excluding hydrogens is 404 g/mol. The Morgan fingerprint density at radius 1 is 0.969 bits per heavy atom. The van der Waals surface area contributed by atoms with Gasteiger partial charge in [-0.3, -0.25) is 10.1 Å². The first-order chi connectivity index (χ1) is 15.2. The van der Waals surface area contributed by atoms with Crippen molar-refractivity contribution >= 4 is 23.4 Å². The number of hydrogen-bond acceptors (Lipinski definition) is 4. The second kappa shape index (κ2) is 8.49. The van der Waals surface area contributed by atoms with E-state index in [0.717, 1.165) is 41.8 Å². The predicted octanol–water partition coefficient (Wildman–Crippen LogP) is 5.27. The Balaban J connectivity index is 1.50. The molecule has 166 valence electrons. The third-order valence-electron chi connectivity index (χ3n) is 5.28. The van der Waals surface area contributed by atoms with Crippen LogP contribution in [0.25, 0.3) is 5.69 Å². The molecule has 1 aliphatic carbocycles. The normalized spacial score (nSPS) is 12.9. The summed E-state index contributed by atoms with van der Waals surface area (Å²) in [5.74, 6) is -0.233. The van der Waals surface area contributed by atoms with E-state index in [1.165, 1.54) is 0 Å². The molecular formula is C25H28N4O3. The van der Waals surface area contributed by atoms with E-state index in [9.17, 15) is 9.59 Å². The van der Waals surface area contributed by atoms with Crippen LogP contribution in [0.3, 0.4) is 0 Å². The van der Waals surface area contributed by atoms with Crippen LogP contribution in [-0.4, -0.2) is 27.4 Å². The van der Waals surface area contributed by atoms with Gasteiger partial charge in [0.05, 0.1) is 5.69 Å². The zero-order chi connectivity index (χ0) is 22.9. The molecule has 1 heterocycles. The maximum absolute atomic E-state index is 13.0. The van der Waals surface area contributed by atoms with E-state index in [1.807, 2.05) is 56.6 Å². The summed E-state index contributed by atoms with van der Waals surface area (Å²) in [6.07, 6.45) is 2.26. The van der Waals surface area contributed by atoms with E-state index in [-0.39, 0.29) is 5.91 Å². The Morgan fingerprint density at radius 2 is 1.62 bits per heavy atom. The van der Waals surface area contributed by atoms with Crippen LogP contribution < -0.4 is 10.6 Å². The van der Waals surface area contributed by atoms with Gasteiger partial charge in [0.1, 0.15) is 5.60 Å². The molecule has 2 aromatic carbocycles. The van der Waals surface area contributed by atoms with Crippen molar-refractivity contribution in [3.63, 3.8) is 0 Å². The third-order valence-corrected chi connectivity index (χ3v) is 5.28. The minimum Gasteiger partial charge on any atom is -0.444 e. The number of para-hydroxylation sites is 1. The highest BCUT2D eigenvalue weighted by molar-refractivity contribution is 6.04. The van der Waals surface area contributed by atoms with E-state index >= 15 is 0 Å². The van der Waals surface area contributed by atoms with Gasteiger partial charge in [0.15, 0.2) is 5.69 Å². The van der Waals surface area contributed by atoms with Gasteiger partial charge < -0.3 is 10.1 Å². The Bertz CT molecular complexity index is 1160. The highest BCUT2D eigenvalue weighted by atomic mass is 16.6. The number of aryl methyl sites for hydroxylation is 1. The molecule has 7 heteroatoms. The summed E-state index contributed by atoms with van der Waals surface area (Å²) < 4.78 is 7.17. The van der Waals surface area contributed by atoms with Crippen molar-refractivity contribution in [2.24, 2.45) is 0 Å². The van der Waals surface area contributed by atoms with Crippen LogP contribution >= 0.6 is 0 Å². The molecule has 2 amide bonds. The number of fused-ring (bicyclic) bond motifs is 1. The van der Waals surface area contributed by atoms with E-state index in [2.05, 4.69) is 15.7 Å². The van der Waals surface area contributed by atoms with Gasteiger partial charge in [-0.25, -0.2) is 9.48 Å². The molecule has 3 aromatic rings. The van der Waals surface area contributed by atoms with E-state index in [0.29, 0.717) is 17.1 Å². The number of carbonyl (C=O) groups is 2. The fourth-order valence-electron chi connectivity index (χ4n) is 3.87. The van der Waals surface area contributed by atoms with Crippen LogP contribution in [0.5, 0.6) is 0 Å². The lowest BCUT2D eigenvalue weighted by Gasteiger charge is -2.19. The standard InChI is InChI=1S/C25H28N4O3/c1-16-8-5-6-10-20(16)29-21-11-7-9-19(21)22(28-29)23(30)26-17-12-14-18(15-13-17)27-24(31)32-25(2,3)4/h5-6,8,10,12-15H,7,9,11H2,1-4H3,(H,26,30)(H,27,31). The Morgan fingerprint density at radius 3 is 2.28 bits per heavy atom. The predicted molar refractivity (Wildman–Crippen MR) is 125 cm³/mol. The summed E-state index contributed by atoms with van der Waals surface area (Å²) in [4.78, 5) is 25.0. The summed E-state index contributed by atoms with van der Waals surface area (Å²) in [6.45, 7) is 7.47. The highest BCUT2D eigenvalue weighted by Gasteiger charge is 2.27. The zero-order valence-electron chi connectivity index (χ0n) is 18.9. The SMILES string of the molecule is Cc1ccccc1-n1nc(C(=O)Nc2ccc(NC(=O)OC(C)(C)C)cc2)c2c1CCC2. The van der Waals surface area contributed by atoms with Crippen molar-refractivity contribution in [1.29, 1.82) is 0 Å². The number of hydrogen-bond donors (Lipinski definition) is 2. The summed E-state index contributed by atoms with van der Waals surface area (Å²) in [5, 5.41) is 10.3. The van der Waals surface area contributed by atoms with E-state index in [1.54, 1.807) is 24.3 Å². The highest BCUT2D eigenvalue weighted by Crippen LogP contribution is 2.29. The summed E-state index contributed by atoms with van der Waals surface area (Å²) in [7, 11) is 0. The molecule has 0 saturated carbocycles. The topological polar surface area (TPSA) is 85.3 Å². The molecule has 4 rings (SSSR count). The first-order valence-electron chi connectivity index (χ1n) is 10.8. The molecule has 0 atom stereocenters. The molecule has 32 heavy (non-hydrogen) atoms. The molecule has 0 unspecified atom stereocenters. The van der Waals surface area contributed by atoms with Gasteiger partial charge >= 0.3 is 6.09 Å². The van der Waals surface area contributed by atoms with Gasteiger partial charge in [-0.15, -0.1) is 0 Å². The number of amides is 2. The number of ether oxygens (including phenoxy) is 1. The van der Waals surface area contributed by atoms with Gasteiger partial charge in [-0.2, -0.15) is 5.10 Å². The van der Waals surface area contributed by atoms with Crippen molar-refractivity contribution in [2.45, 2.75) is 52.6 Å². The van der Waals surface area contributed by atoms with Crippen LogP contribution in [0.1, 0.15) is 54.5 Å². The van der Waals surface area contributed by atoms with Gasteiger partial charge in [0.25, 0.3) is 5.91 Å². The Kier molecular flexibility index (Phi) is 5.74. The van der Waals surface area contributed by atoms with Crippen LogP contribution in [0.15, 0.2) is 48.5 Å². The number of carbonyl (C=O) groups excluding carboxylic acids is 2. The van der Waals surface area contributed by atoms with Crippen LogP contribution in [-0.2, 0) is 17.6 Å². The largest absolute Gasteiger partial charge is 0.444 e. The second-order valence-electron chi connectivity index (χ2n) is 8.98. The zero-order valence-corrected chi connectivity index (χ0v) is 18.9. The molecule has 0 bridgehead atoms. The van der Waals surface area contributed by atoms with Crippen molar-refractivity contribution in [3.8, 4) is 5.69 Å². The molecule has 0 fully saturated rings. The maximum Gasteiger partial charge on any atom is 0.412 e. The number of benzene rings is 2. The monoisotopic (exact) mass is 432 g/mol. The number of aromatic nitrogens is 2. The van der Waals surface area contributed by atoms with Crippen molar-refractivity contribution < 1.29 is 14.3 Å². The molecule has 1 aromatic heterocycles. The van der Waals surface area contributed by atoms with Crippen molar-refractivity contribution in [1.82, 2.24) is 9.78 Å². The number of nitrogens with one attached hydrogen (secondary N) is 2. The number of rotatable bonds is 4. The smallest absolute Gasteiger partial charge is 0.412 e. The van der Waals surface area contributed by atoms with Crippen LogP contribution in [0.2, 0.25) is 0 Å². The van der Waals surface area contributed by atoms with Gasteiger partial charge in [-0.1, -0.05) is 18.2 Å². The lowest BCUT2D eigenvalue weighted by atomic mass is 10.1.